The van der Waals surface area contributed by atoms with Gasteiger partial charge < -0.3 is 14.8 Å². The quantitative estimate of drug-likeness (QED) is 0.675. The second kappa shape index (κ2) is 7.43. The number of carbonyl (C=O) groups excluding carboxylic acids is 2. The Bertz CT molecular complexity index is 1040. The largest absolute Gasteiger partial charge is 0.348 e. The van der Waals surface area contributed by atoms with Crippen LogP contribution in [0, 0.1) is 5.92 Å². The molecule has 2 aliphatic rings. The van der Waals surface area contributed by atoms with Crippen LogP contribution in [0.25, 0.3) is 0 Å². The molecule has 0 radical (unpaired) electrons. The normalized spacial score (nSPS) is 19.7. The molecule has 5 heterocycles. The van der Waals surface area contributed by atoms with E-state index in [-0.39, 0.29) is 23.8 Å². The number of carbonyl (C=O) groups is 2. The third-order valence-electron chi connectivity index (χ3n) is 6.20. The highest BCUT2D eigenvalue weighted by Gasteiger charge is 2.40. The molecule has 2 N–H and O–H groups in total. The summed E-state index contributed by atoms with van der Waals surface area (Å²) in [7, 11) is 1.81. The first-order chi connectivity index (χ1) is 14.6. The number of nitrogens with zero attached hydrogens (tertiary/aromatic N) is 6. The van der Waals surface area contributed by atoms with E-state index in [0.29, 0.717) is 30.8 Å². The Morgan fingerprint density at radius 1 is 1.10 bits per heavy atom. The molecule has 0 bridgehead atoms. The zero-order valence-electron chi connectivity index (χ0n) is 16.8. The highest BCUT2D eigenvalue weighted by molar-refractivity contribution is 5.94. The molecule has 0 aliphatic carbocycles. The molecule has 0 spiro atoms. The van der Waals surface area contributed by atoms with E-state index in [1.807, 2.05) is 16.8 Å². The average Bonchev–Trinajstić information content (AvgIpc) is 3.53. The highest BCUT2D eigenvalue weighted by Crippen LogP contribution is 2.39. The van der Waals surface area contributed by atoms with E-state index < -0.39 is 0 Å². The van der Waals surface area contributed by atoms with Crippen LogP contribution in [0.4, 0.5) is 0 Å². The Balaban J connectivity index is 1.37. The molecule has 1 saturated heterocycles. The molecule has 1 fully saturated rings. The van der Waals surface area contributed by atoms with Gasteiger partial charge in [-0.05, 0) is 18.8 Å². The number of nitrogens with one attached hydrogen (secondary N) is 2. The van der Waals surface area contributed by atoms with Crippen LogP contribution in [0.5, 0.6) is 0 Å². The van der Waals surface area contributed by atoms with Gasteiger partial charge in [-0.2, -0.15) is 10.2 Å². The number of aromatic amines is 2. The van der Waals surface area contributed by atoms with Crippen molar-refractivity contribution in [3.05, 3.63) is 53.6 Å². The molecule has 10 nitrogen and oxygen atoms in total. The van der Waals surface area contributed by atoms with Crippen molar-refractivity contribution < 1.29 is 9.59 Å². The summed E-state index contributed by atoms with van der Waals surface area (Å²) in [6.07, 6.45) is 10.7. The lowest BCUT2D eigenvalue weighted by Gasteiger charge is -2.42. The van der Waals surface area contributed by atoms with Crippen LogP contribution in [-0.2, 0) is 13.5 Å². The molecule has 3 aromatic heterocycles. The van der Waals surface area contributed by atoms with Gasteiger partial charge in [0.15, 0.2) is 0 Å². The summed E-state index contributed by atoms with van der Waals surface area (Å²) in [5, 5.41) is 10.7. The van der Waals surface area contributed by atoms with Crippen molar-refractivity contribution in [2.24, 2.45) is 13.0 Å². The maximum atomic E-state index is 13.3. The molecule has 10 heteroatoms. The number of hydrogen-bond donors (Lipinski definition) is 2. The number of likely N-dealkylation sites (tertiary alicyclic amines) is 1. The number of piperidine rings is 1. The predicted octanol–water partition coefficient (Wildman–Crippen LogP) is 1.16. The van der Waals surface area contributed by atoms with Gasteiger partial charge >= 0.3 is 0 Å². The molecule has 2 amide bonds. The number of H-pyrrole nitrogens is 2. The lowest BCUT2D eigenvalue weighted by molar-refractivity contribution is 0.0432. The molecule has 3 aromatic rings. The Morgan fingerprint density at radius 3 is 2.63 bits per heavy atom. The van der Waals surface area contributed by atoms with Crippen LogP contribution in [0.3, 0.4) is 0 Å². The zero-order valence-corrected chi connectivity index (χ0v) is 16.8. The lowest BCUT2D eigenvalue weighted by atomic mass is 9.83. The minimum absolute atomic E-state index is 0.00500. The summed E-state index contributed by atoms with van der Waals surface area (Å²) in [6.45, 7) is 1.95. The molecule has 2 aliphatic heterocycles. The van der Waals surface area contributed by atoms with Crippen molar-refractivity contribution in [3.8, 4) is 0 Å². The summed E-state index contributed by atoms with van der Waals surface area (Å²) in [6, 6.07) is -0.0983. The van der Waals surface area contributed by atoms with Gasteiger partial charge in [0.1, 0.15) is 0 Å². The lowest BCUT2D eigenvalue weighted by Crippen LogP contribution is -2.47. The van der Waals surface area contributed by atoms with E-state index >= 15 is 0 Å². The van der Waals surface area contributed by atoms with Gasteiger partial charge in [0.05, 0.1) is 41.6 Å². The summed E-state index contributed by atoms with van der Waals surface area (Å²) >= 11 is 0. The van der Waals surface area contributed by atoms with Crippen LogP contribution in [-0.4, -0.2) is 71.2 Å². The second-order valence-electron chi connectivity index (χ2n) is 7.98. The molecule has 0 aromatic carbocycles. The number of imidazole rings is 1. The topological polar surface area (TPSA) is 116 Å². The number of amides is 2. The standard InChI is InChI=1S/C20H24N8O2/c1-26-11-15(10-25-26)20(30)28-7-4-16-17(22-12-21-16)18(28)13-2-5-27(6-3-13)19(29)14-8-23-24-9-14/h8-13,18H,2-7H2,1H3,(H,21,22)(H,23,24). The zero-order chi connectivity index (χ0) is 20.7. The smallest absolute Gasteiger partial charge is 0.257 e. The third kappa shape index (κ3) is 3.17. The van der Waals surface area contributed by atoms with Crippen LogP contribution in [0.15, 0.2) is 31.1 Å². The van der Waals surface area contributed by atoms with Crippen molar-refractivity contribution in [3.63, 3.8) is 0 Å². The summed E-state index contributed by atoms with van der Waals surface area (Å²) < 4.78 is 1.64. The fourth-order valence-corrected chi connectivity index (χ4v) is 4.68. The van der Waals surface area contributed by atoms with Gasteiger partial charge in [-0.1, -0.05) is 0 Å². The maximum Gasteiger partial charge on any atom is 0.257 e. The van der Waals surface area contributed by atoms with Gasteiger partial charge in [-0.3, -0.25) is 19.4 Å². The van der Waals surface area contributed by atoms with Crippen molar-refractivity contribution in [2.45, 2.75) is 25.3 Å². The first-order valence-corrected chi connectivity index (χ1v) is 10.2. The summed E-state index contributed by atoms with van der Waals surface area (Å²) in [4.78, 5) is 37.5. The van der Waals surface area contributed by atoms with E-state index in [1.165, 1.54) is 0 Å². The highest BCUT2D eigenvalue weighted by atomic mass is 16.2. The Kier molecular flexibility index (Phi) is 4.61. The number of aromatic nitrogens is 6. The Morgan fingerprint density at radius 2 is 1.93 bits per heavy atom. The van der Waals surface area contributed by atoms with Crippen molar-refractivity contribution >= 4 is 11.8 Å². The van der Waals surface area contributed by atoms with Crippen molar-refractivity contribution in [1.29, 1.82) is 0 Å². The van der Waals surface area contributed by atoms with Crippen LogP contribution in [0.2, 0.25) is 0 Å². The van der Waals surface area contributed by atoms with E-state index in [1.54, 1.807) is 35.8 Å². The van der Waals surface area contributed by atoms with E-state index in [0.717, 1.165) is 30.7 Å². The minimum Gasteiger partial charge on any atom is -0.348 e. The SMILES string of the molecule is Cn1cc(C(=O)N2CCc3[nH]cnc3C2C2CCN(C(=O)c3cn[nH]c3)CC2)cn1. The minimum atomic E-state index is -0.0983. The number of rotatable bonds is 3. The molecule has 1 atom stereocenters. The fourth-order valence-electron chi connectivity index (χ4n) is 4.68. The monoisotopic (exact) mass is 408 g/mol. The van der Waals surface area contributed by atoms with Gasteiger partial charge in [0, 0.05) is 51.2 Å². The van der Waals surface area contributed by atoms with Crippen molar-refractivity contribution in [2.75, 3.05) is 19.6 Å². The number of aryl methyl sites for hydroxylation is 1. The van der Waals surface area contributed by atoms with Crippen LogP contribution < -0.4 is 0 Å². The molecule has 0 saturated carbocycles. The maximum absolute atomic E-state index is 13.3. The van der Waals surface area contributed by atoms with Gasteiger partial charge in [-0.15, -0.1) is 0 Å². The Labute approximate surface area is 173 Å². The molecule has 156 valence electrons. The first kappa shape index (κ1) is 18.6. The van der Waals surface area contributed by atoms with Gasteiger partial charge in [0.25, 0.3) is 11.8 Å². The fraction of sp³-hybridized carbons (Fsp3) is 0.450. The second-order valence-corrected chi connectivity index (χ2v) is 7.98. The number of fused-ring (bicyclic) bond motifs is 1. The van der Waals surface area contributed by atoms with E-state index in [4.69, 9.17) is 0 Å². The van der Waals surface area contributed by atoms with E-state index in [9.17, 15) is 9.59 Å². The molecular weight excluding hydrogens is 384 g/mol. The molecular formula is C20H24N8O2. The summed E-state index contributed by atoms with van der Waals surface area (Å²) in [5.74, 6) is 0.217. The Hall–Kier alpha value is -3.43. The molecule has 1 unspecified atom stereocenters. The van der Waals surface area contributed by atoms with E-state index in [2.05, 4.69) is 25.3 Å². The molecule has 30 heavy (non-hydrogen) atoms. The van der Waals surface area contributed by atoms with Gasteiger partial charge in [-0.25, -0.2) is 4.98 Å². The average molecular weight is 408 g/mol. The summed E-state index contributed by atoms with van der Waals surface area (Å²) in [5.41, 5.74) is 3.23. The van der Waals surface area contributed by atoms with Gasteiger partial charge in [0.2, 0.25) is 0 Å². The third-order valence-corrected chi connectivity index (χ3v) is 6.20. The van der Waals surface area contributed by atoms with Crippen molar-refractivity contribution in [1.82, 2.24) is 39.7 Å². The van der Waals surface area contributed by atoms with Crippen LogP contribution >= 0.6 is 0 Å². The molecule has 5 rings (SSSR count). The van der Waals surface area contributed by atoms with Crippen LogP contribution in [0.1, 0.15) is 51.0 Å². The first-order valence-electron chi connectivity index (χ1n) is 10.2. The predicted molar refractivity (Wildman–Crippen MR) is 106 cm³/mol. The number of hydrogen-bond acceptors (Lipinski definition) is 5.